The zero-order valence-corrected chi connectivity index (χ0v) is 25.3. The lowest BCUT2D eigenvalue weighted by atomic mass is 9.98. The molecule has 4 aromatic rings. The zero-order chi connectivity index (χ0) is 30.4. The number of carbonyl (C=O) groups excluding carboxylic acids is 1. The lowest BCUT2D eigenvalue weighted by molar-refractivity contribution is 0.0206. The third kappa shape index (κ3) is 7.39. The SMILES string of the molecule is Cc1ccc2c(CCCC#N)cccc2c1Oc1ncccc1-c1ccnc(N[C@H]2CCCN(C(=O)OC(C)(C)C)C2)n1. The van der Waals surface area contributed by atoms with Crippen molar-refractivity contribution >= 4 is 22.8 Å². The lowest BCUT2D eigenvalue weighted by Gasteiger charge is -2.34. The summed E-state index contributed by atoms with van der Waals surface area (Å²) in [5.74, 6) is 1.68. The van der Waals surface area contributed by atoms with E-state index in [-0.39, 0.29) is 12.1 Å². The van der Waals surface area contributed by atoms with Crippen LogP contribution in [-0.2, 0) is 11.2 Å². The van der Waals surface area contributed by atoms with E-state index in [0.29, 0.717) is 37.0 Å². The molecular weight excluding hydrogens is 540 g/mol. The monoisotopic (exact) mass is 578 g/mol. The summed E-state index contributed by atoms with van der Waals surface area (Å²) >= 11 is 0. The number of piperidine rings is 1. The van der Waals surface area contributed by atoms with Crippen LogP contribution < -0.4 is 10.1 Å². The molecule has 0 aliphatic carbocycles. The molecule has 1 N–H and O–H groups in total. The Morgan fingerprint density at radius 1 is 1.09 bits per heavy atom. The second kappa shape index (κ2) is 13.1. The first-order valence-electron chi connectivity index (χ1n) is 14.8. The average Bonchev–Trinajstić information content (AvgIpc) is 2.98. The Kier molecular flexibility index (Phi) is 9.05. The number of hydrogen-bond donors (Lipinski definition) is 1. The molecule has 1 amide bonds. The molecule has 43 heavy (non-hydrogen) atoms. The third-order valence-corrected chi connectivity index (χ3v) is 7.34. The van der Waals surface area contributed by atoms with Gasteiger partial charge in [0.1, 0.15) is 11.4 Å². The van der Waals surface area contributed by atoms with Crippen molar-refractivity contribution in [2.24, 2.45) is 0 Å². The number of unbranched alkanes of at least 4 members (excludes halogenated alkanes) is 1. The van der Waals surface area contributed by atoms with Gasteiger partial charge in [-0.1, -0.05) is 30.3 Å². The Balaban J connectivity index is 1.37. The molecule has 1 fully saturated rings. The standard InChI is InChI=1S/C34H38N6O3/c1-23-15-16-26-24(10-5-6-18-35)11-7-13-27(26)30(23)42-31-28(14-8-19-36-31)29-17-20-37-32(39-29)38-25-12-9-21-40(22-25)33(41)43-34(2,3)4/h7-8,11,13-17,19-20,25H,5-6,9-10,12,21-22H2,1-4H3,(H,37,38,39)/t25-/m0/s1. The molecule has 1 aliphatic rings. The molecule has 0 bridgehead atoms. The number of nitriles is 1. The molecule has 0 saturated carbocycles. The van der Waals surface area contributed by atoms with Crippen LogP contribution in [0.5, 0.6) is 11.6 Å². The van der Waals surface area contributed by atoms with Crippen molar-refractivity contribution < 1.29 is 14.3 Å². The Bertz CT molecular complexity index is 1640. The largest absolute Gasteiger partial charge is 0.444 e. The van der Waals surface area contributed by atoms with Crippen molar-refractivity contribution in [1.82, 2.24) is 19.9 Å². The fourth-order valence-corrected chi connectivity index (χ4v) is 5.33. The number of ether oxygens (including phenoxy) is 2. The van der Waals surface area contributed by atoms with E-state index < -0.39 is 5.60 Å². The van der Waals surface area contributed by atoms with Crippen molar-refractivity contribution in [3.05, 3.63) is 72.1 Å². The number of likely N-dealkylation sites (tertiary alicyclic amines) is 1. The number of carbonyl (C=O) groups is 1. The maximum atomic E-state index is 12.6. The molecule has 2 aromatic carbocycles. The first-order valence-corrected chi connectivity index (χ1v) is 14.8. The normalized spacial score (nSPS) is 15.1. The predicted octanol–water partition coefficient (Wildman–Crippen LogP) is 7.45. The van der Waals surface area contributed by atoms with Gasteiger partial charge in [0.05, 0.1) is 17.3 Å². The first kappa shape index (κ1) is 29.8. The fourth-order valence-electron chi connectivity index (χ4n) is 5.33. The third-order valence-electron chi connectivity index (χ3n) is 7.34. The van der Waals surface area contributed by atoms with Gasteiger partial charge in [-0.25, -0.2) is 19.7 Å². The van der Waals surface area contributed by atoms with E-state index in [1.54, 1.807) is 17.3 Å². The fraction of sp³-hybridized carbons (Fsp3) is 0.382. The predicted molar refractivity (Wildman–Crippen MR) is 167 cm³/mol. The molecule has 0 spiro atoms. The molecule has 9 nitrogen and oxygen atoms in total. The van der Waals surface area contributed by atoms with E-state index in [2.05, 4.69) is 45.6 Å². The summed E-state index contributed by atoms with van der Waals surface area (Å²) in [6.07, 6.45) is 7.05. The number of aryl methyl sites for hydroxylation is 2. The summed E-state index contributed by atoms with van der Waals surface area (Å²) in [6, 6.07) is 18.3. The molecule has 1 aliphatic heterocycles. The maximum Gasteiger partial charge on any atom is 0.410 e. The minimum atomic E-state index is -0.538. The van der Waals surface area contributed by atoms with Crippen LogP contribution in [-0.4, -0.2) is 50.7 Å². The van der Waals surface area contributed by atoms with Gasteiger partial charge in [-0.05, 0) is 88.1 Å². The Morgan fingerprint density at radius 2 is 1.95 bits per heavy atom. The number of pyridine rings is 1. The minimum Gasteiger partial charge on any atom is -0.444 e. The van der Waals surface area contributed by atoms with Gasteiger partial charge in [-0.2, -0.15) is 5.26 Å². The topological polar surface area (TPSA) is 113 Å². The highest BCUT2D eigenvalue weighted by atomic mass is 16.6. The van der Waals surface area contributed by atoms with E-state index in [9.17, 15) is 4.79 Å². The van der Waals surface area contributed by atoms with Crippen molar-refractivity contribution in [2.75, 3.05) is 18.4 Å². The van der Waals surface area contributed by atoms with Gasteiger partial charge >= 0.3 is 6.09 Å². The summed E-state index contributed by atoms with van der Waals surface area (Å²) in [7, 11) is 0. The first-order chi connectivity index (χ1) is 20.7. The Morgan fingerprint density at radius 3 is 2.77 bits per heavy atom. The Labute approximate surface area is 252 Å². The molecule has 222 valence electrons. The summed E-state index contributed by atoms with van der Waals surface area (Å²) in [5.41, 5.74) is 3.07. The Hall–Kier alpha value is -4.71. The average molecular weight is 579 g/mol. The number of aromatic nitrogens is 3. The van der Waals surface area contributed by atoms with Crippen LogP contribution in [0.25, 0.3) is 22.0 Å². The quantitative estimate of drug-likeness (QED) is 0.215. The van der Waals surface area contributed by atoms with Crippen LogP contribution in [0.4, 0.5) is 10.7 Å². The van der Waals surface area contributed by atoms with Crippen LogP contribution in [0, 0.1) is 18.3 Å². The number of hydrogen-bond acceptors (Lipinski definition) is 8. The number of benzene rings is 2. The summed E-state index contributed by atoms with van der Waals surface area (Å²) in [6.45, 7) is 8.83. The molecule has 1 atom stereocenters. The zero-order valence-electron chi connectivity index (χ0n) is 25.3. The van der Waals surface area contributed by atoms with Crippen LogP contribution >= 0.6 is 0 Å². The van der Waals surface area contributed by atoms with E-state index in [1.165, 1.54) is 5.56 Å². The lowest BCUT2D eigenvalue weighted by Crippen LogP contribution is -2.47. The van der Waals surface area contributed by atoms with Crippen LogP contribution in [0.1, 0.15) is 57.6 Å². The van der Waals surface area contributed by atoms with Gasteiger partial charge in [0.25, 0.3) is 0 Å². The van der Waals surface area contributed by atoms with Crippen LogP contribution in [0.2, 0.25) is 0 Å². The summed E-state index contributed by atoms with van der Waals surface area (Å²) in [5, 5.41) is 14.5. The van der Waals surface area contributed by atoms with Crippen LogP contribution in [0.15, 0.2) is 60.9 Å². The van der Waals surface area contributed by atoms with Gasteiger partial charge in [0.15, 0.2) is 0 Å². The van der Waals surface area contributed by atoms with E-state index >= 15 is 0 Å². The van der Waals surface area contributed by atoms with Gasteiger partial charge < -0.3 is 19.7 Å². The molecule has 9 heteroatoms. The highest BCUT2D eigenvalue weighted by Gasteiger charge is 2.28. The van der Waals surface area contributed by atoms with E-state index in [1.807, 2.05) is 52.0 Å². The molecule has 5 rings (SSSR count). The molecule has 0 radical (unpaired) electrons. The van der Waals surface area contributed by atoms with Crippen molar-refractivity contribution in [3.8, 4) is 29.0 Å². The highest BCUT2D eigenvalue weighted by molar-refractivity contribution is 5.92. The van der Waals surface area contributed by atoms with Crippen LogP contribution in [0.3, 0.4) is 0 Å². The summed E-state index contributed by atoms with van der Waals surface area (Å²) in [4.78, 5) is 28.2. The number of rotatable bonds is 8. The van der Waals surface area contributed by atoms with E-state index in [0.717, 1.165) is 53.3 Å². The van der Waals surface area contributed by atoms with Crippen molar-refractivity contribution in [3.63, 3.8) is 0 Å². The van der Waals surface area contributed by atoms with Crippen molar-refractivity contribution in [1.29, 1.82) is 5.26 Å². The molecular formula is C34H38N6O3. The van der Waals surface area contributed by atoms with Gasteiger partial charge in [0, 0.05) is 43.3 Å². The number of nitrogens with zero attached hydrogens (tertiary/aromatic N) is 5. The van der Waals surface area contributed by atoms with Gasteiger partial charge in [0.2, 0.25) is 11.8 Å². The highest BCUT2D eigenvalue weighted by Crippen LogP contribution is 2.37. The van der Waals surface area contributed by atoms with Gasteiger partial charge in [-0.3, -0.25) is 0 Å². The molecule has 1 saturated heterocycles. The van der Waals surface area contributed by atoms with Gasteiger partial charge in [-0.15, -0.1) is 0 Å². The number of nitrogens with one attached hydrogen (secondary N) is 1. The molecule has 3 heterocycles. The maximum absolute atomic E-state index is 12.6. The number of fused-ring (bicyclic) bond motifs is 1. The smallest absolute Gasteiger partial charge is 0.410 e. The molecule has 0 unspecified atom stereocenters. The minimum absolute atomic E-state index is 0.00169. The second-order valence-electron chi connectivity index (χ2n) is 11.9. The number of amides is 1. The second-order valence-corrected chi connectivity index (χ2v) is 11.9. The van der Waals surface area contributed by atoms with Crippen molar-refractivity contribution in [2.45, 2.75) is 71.4 Å². The number of anilines is 1. The molecule has 2 aromatic heterocycles. The summed E-state index contributed by atoms with van der Waals surface area (Å²) < 4.78 is 12.1. The van der Waals surface area contributed by atoms with E-state index in [4.69, 9.17) is 19.7 Å².